The van der Waals surface area contributed by atoms with Crippen LogP contribution in [0, 0.1) is 0 Å². The van der Waals surface area contributed by atoms with Crippen LogP contribution < -0.4 is 11.2 Å². The van der Waals surface area contributed by atoms with Gasteiger partial charge in [0.15, 0.2) is 5.69 Å². The number of anilines is 1. The van der Waals surface area contributed by atoms with Gasteiger partial charge < -0.3 is 5.73 Å². The first-order chi connectivity index (χ1) is 15.0. The van der Waals surface area contributed by atoms with Gasteiger partial charge in [-0.25, -0.2) is 10.1 Å². The van der Waals surface area contributed by atoms with Crippen molar-refractivity contribution in [3.05, 3.63) is 41.5 Å². The molecule has 1 fully saturated rings. The lowest BCUT2D eigenvalue weighted by atomic mass is 10.0. The molecule has 31 heavy (non-hydrogen) atoms. The van der Waals surface area contributed by atoms with Gasteiger partial charge in [0.1, 0.15) is 0 Å². The van der Waals surface area contributed by atoms with Gasteiger partial charge in [0, 0.05) is 30.5 Å². The summed E-state index contributed by atoms with van der Waals surface area (Å²) in [7, 11) is 0. The molecule has 0 aromatic carbocycles. The summed E-state index contributed by atoms with van der Waals surface area (Å²) in [4.78, 5) is 19.2. The first-order valence-corrected chi connectivity index (χ1v) is 10.1. The maximum Gasteiger partial charge on any atom is 0.293 e. The Balaban J connectivity index is 1.62. The van der Waals surface area contributed by atoms with Crippen molar-refractivity contribution in [1.29, 1.82) is 0 Å². The lowest BCUT2D eigenvalue weighted by Crippen LogP contribution is -2.38. The fourth-order valence-corrected chi connectivity index (χ4v) is 3.56. The molecule has 12 nitrogen and oxygen atoms in total. The van der Waals surface area contributed by atoms with Gasteiger partial charge in [-0.3, -0.25) is 14.7 Å². The zero-order valence-corrected chi connectivity index (χ0v) is 17.4. The number of pyridine rings is 1. The van der Waals surface area contributed by atoms with Gasteiger partial charge in [0.2, 0.25) is 11.6 Å². The predicted molar refractivity (Wildman–Crippen MR) is 111 cm³/mol. The van der Waals surface area contributed by atoms with Crippen LogP contribution in [0.2, 0.25) is 0 Å². The van der Waals surface area contributed by atoms with Crippen LogP contribution in [-0.2, 0) is 6.54 Å². The lowest BCUT2D eigenvalue weighted by Gasteiger charge is -2.33. The van der Waals surface area contributed by atoms with E-state index in [0.29, 0.717) is 24.0 Å². The molecular weight excluding hydrogens is 400 g/mol. The van der Waals surface area contributed by atoms with Gasteiger partial charge in [-0.1, -0.05) is 11.6 Å². The van der Waals surface area contributed by atoms with Crippen molar-refractivity contribution in [2.45, 2.75) is 45.7 Å². The maximum absolute atomic E-state index is 12.9. The molecule has 1 saturated heterocycles. The molecule has 0 saturated carbocycles. The molecule has 1 amide bonds. The highest BCUT2D eigenvalue weighted by atomic mass is 16.6. The minimum absolute atomic E-state index is 0.0661. The molecule has 3 N–H and O–H groups in total. The molecule has 0 aliphatic carbocycles. The molecule has 4 heterocycles. The second kappa shape index (κ2) is 9.00. The molecule has 12 heteroatoms. The number of nitrogens with zero attached hydrogens (tertiary/aromatic N) is 8. The Bertz CT molecular complexity index is 1070. The minimum Gasteiger partial charge on any atom is -0.378 e. The molecule has 1 aliphatic heterocycles. The van der Waals surface area contributed by atoms with Gasteiger partial charge in [-0.05, 0) is 55.7 Å². The molecule has 3 aromatic rings. The molecule has 3 aromatic heterocycles. The Hall–Kier alpha value is -3.67. The second-order valence-electron chi connectivity index (χ2n) is 7.46. The van der Waals surface area contributed by atoms with Crippen molar-refractivity contribution >= 4 is 17.4 Å². The topological polar surface area (TPSA) is 153 Å². The van der Waals surface area contributed by atoms with Crippen LogP contribution in [0.4, 0.5) is 5.82 Å². The third kappa shape index (κ3) is 4.43. The molecule has 1 atom stereocenters. The SMILES string of the molecule is C/C(=N\NC(=O)c1nnn(-c2nonc2N)c1CN1CCCC[C@@H]1C)c1ccncc1. The van der Waals surface area contributed by atoms with Crippen molar-refractivity contribution in [3.8, 4) is 5.82 Å². The highest BCUT2D eigenvalue weighted by Gasteiger charge is 2.28. The Labute approximate surface area is 178 Å². The molecule has 0 bridgehead atoms. The van der Waals surface area contributed by atoms with Crippen LogP contribution >= 0.6 is 0 Å². The molecule has 4 rings (SSSR count). The van der Waals surface area contributed by atoms with Crippen molar-refractivity contribution < 1.29 is 9.42 Å². The van der Waals surface area contributed by atoms with Crippen molar-refractivity contribution in [2.75, 3.05) is 12.3 Å². The number of piperidine rings is 1. The average molecular weight is 424 g/mol. The van der Waals surface area contributed by atoms with Crippen LogP contribution in [0.15, 0.2) is 34.3 Å². The third-order valence-electron chi connectivity index (χ3n) is 5.39. The van der Waals surface area contributed by atoms with E-state index in [-0.39, 0.29) is 17.3 Å². The number of nitrogens with one attached hydrogen (secondary N) is 1. The predicted octanol–water partition coefficient (Wildman–Crippen LogP) is 1.16. The number of hydrogen-bond donors (Lipinski definition) is 2. The molecule has 0 spiro atoms. The number of nitrogens with two attached hydrogens (primary N) is 1. The van der Waals surface area contributed by atoms with Gasteiger partial charge in [-0.2, -0.15) is 9.78 Å². The summed E-state index contributed by atoms with van der Waals surface area (Å²) in [6.07, 6.45) is 6.69. The fourth-order valence-electron chi connectivity index (χ4n) is 3.56. The Morgan fingerprint density at radius 3 is 2.84 bits per heavy atom. The number of aromatic nitrogens is 6. The number of hydrazone groups is 1. The average Bonchev–Trinajstić information content (AvgIpc) is 3.39. The number of carbonyl (C=O) groups excluding carboxylic acids is 1. The highest BCUT2D eigenvalue weighted by molar-refractivity contribution is 6.00. The van der Waals surface area contributed by atoms with Gasteiger partial charge in [0.25, 0.3) is 5.91 Å². The Kier molecular flexibility index (Phi) is 5.98. The second-order valence-corrected chi connectivity index (χ2v) is 7.46. The molecule has 0 unspecified atom stereocenters. The summed E-state index contributed by atoms with van der Waals surface area (Å²) < 4.78 is 6.11. The summed E-state index contributed by atoms with van der Waals surface area (Å²) in [5, 5.41) is 19.8. The van der Waals surface area contributed by atoms with Crippen LogP contribution in [0.3, 0.4) is 0 Å². The Morgan fingerprint density at radius 1 is 1.32 bits per heavy atom. The van der Waals surface area contributed by atoms with E-state index in [1.165, 1.54) is 11.1 Å². The minimum atomic E-state index is -0.477. The van der Waals surface area contributed by atoms with E-state index < -0.39 is 5.91 Å². The van der Waals surface area contributed by atoms with E-state index in [1.807, 2.05) is 12.1 Å². The quantitative estimate of drug-likeness (QED) is 0.438. The third-order valence-corrected chi connectivity index (χ3v) is 5.39. The van der Waals surface area contributed by atoms with E-state index in [2.05, 4.69) is 48.0 Å². The number of likely N-dealkylation sites (tertiary alicyclic amines) is 1. The fraction of sp³-hybridized carbons (Fsp3) is 0.421. The summed E-state index contributed by atoms with van der Waals surface area (Å²) in [5.74, 6) is -0.214. The monoisotopic (exact) mass is 424 g/mol. The normalized spacial score (nSPS) is 17.6. The van der Waals surface area contributed by atoms with Gasteiger partial charge >= 0.3 is 0 Å². The summed E-state index contributed by atoms with van der Waals surface area (Å²) >= 11 is 0. The van der Waals surface area contributed by atoms with Crippen LogP contribution in [0.5, 0.6) is 0 Å². The summed E-state index contributed by atoms with van der Waals surface area (Å²) in [6.45, 7) is 5.33. The van der Waals surface area contributed by atoms with E-state index in [1.54, 1.807) is 19.3 Å². The maximum atomic E-state index is 12.9. The number of rotatable bonds is 6. The zero-order chi connectivity index (χ0) is 21.8. The molecular formula is C19H24N10O2. The first-order valence-electron chi connectivity index (χ1n) is 10.1. The van der Waals surface area contributed by atoms with Crippen LogP contribution in [-0.4, -0.2) is 59.4 Å². The largest absolute Gasteiger partial charge is 0.378 e. The Morgan fingerprint density at radius 2 is 2.13 bits per heavy atom. The molecule has 162 valence electrons. The van der Waals surface area contributed by atoms with E-state index in [0.717, 1.165) is 24.9 Å². The number of amides is 1. The van der Waals surface area contributed by atoms with E-state index in [9.17, 15) is 4.79 Å². The molecule has 1 aliphatic rings. The van der Waals surface area contributed by atoms with Crippen molar-refractivity contribution in [3.63, 3.8) is 0 Å². The van der Waals surface area contributed by atoms with Crippen LogP contribution in [0.25, 0.3) is 5.82 Å². The van der Waals surface area contributed by atoms with Crippen molar-refractivity contribution in [1.82, 2.24) is 40.6 Å². The standard InChI is InChI=1S/C19H24N10O2/c1-12-5-3-4-10-28(12)11-15-16(23-27-29(15)18-17(20)25-31-26-18)19(30)24-22-13(2)14-6-8-21-9-7-14/h6-9,12H,3-5,10-11H2,1-2H3,(H2,20,25)(H,24,30)/b22-13+/t12-/m0/s1. The van der Waals surface area contributed by atoms with Crippen molar-refractivity contribution in [2.24, 2.45) is 5.10 Å². The first kappa shape index (κ1) is 20.6. The number of hydrogen-bond acceptors (Lipinski definition) is 10. The smallest absolute Gasteiger partial charge is 0.293 e. The van der Waals surface area contributed by atoms with Gasteiger partial charge in [-0.15, -0.1) is 5.10 Å². The zero-order valence-electron chi connectivity index (χ0n) is 17.4. The lowest BCUT2D eigenvalue weighted by molar-refractivity contribution is 0.0944. The van der Waals surface area contributed by atoms with E-state index >= 15 is 0 Å². The number of nitrogen functional groups attached to an aromatic ring is 1. The summed E-state index contributed by atoms with van der Waals surface area (Å²) in [6, 6.07) is 3.99. The van der Waals surface area contributed by atoms with Gasteiger partial charge in [0.05, 0.1) is 11.4 Å². The van der Waals surface area contributed by atoms with Crippen LogP contribution in [0.1, 0.15) is 54.9 Å². The van der Waals surface area contributed by atoms with E-state index in [4.69, 9.17) is 10.4 Å². The molecule has 0 radical (unpaired) electrons. The summed E-state index contributed by atoms with van der Waals surface area (Å²) in [5.41, 5.74) is 10.6. The highest BCUT2D eigenvalue weighted by Crippen LogP contribution is 2.22. The number of carbonyl (C=O) groups is 1.